The van der Waals surface area contributed by atoms with Crippen LogP contribution in [0.2, 0.25) is 0 Å². The summed E-state index contributed by atoms with van der Waals surface area (Å²) in [5.74, 6) is -2.02. The van der Waals surface area contributed by atoms with Crippen LogP contribution in [0.15, 0.2) is 97.2 Å². The Morgan fingerprint density at radius 2 is 0.770 bits per heavy atom. The molecule has 0 rings (SSSR count). The van der Waals surface area contributed by atoms with E-state index in [9.17, 15) is 19.5 Å². The number of unbranched alkanes of at least 4 members (excludes halogenated alkanes) is 23. The molecule has 9 nitrogen and oxygen atoms in total. The Balaban J connectivity index is 4.28. The van der Waals surface area contributed by atoms with Crippen LogP contribution in [0.3, 0.4) is 0 Å². The van der Waals surface area contributed by atoms with Crippen LogP contribution in [-0.4, -0.2) is 87.4 Å². The fourth-order valence-corrected chi connectivity index (χ4v) is 8.03. The second-order valence-electron chi connectivity index (χ2n) is 20.9. The fraction of sp³-hybridized carbons (Fsp3) is 0.708. The first-order valence-electron chi connectivity index (χ1n) is 29.9. The standard InChI is InChI=1S/C65H111NO8/c1-6-8-10-12-14-16-18-20-22-24-26-27-28-29-30-31-32-33-34-35-36-37-38-40-42-44-46-48-50-52-54-56-63(68)74-61(60-73-65(64(69)70)71-58-57-66(3,4)5)59-72-62(67)55-53-51-49-47-45-43-41-39-25-23-21-19-17-15-13-11-9-7-2/h8,10,14,16,20,22,26-27,29-30,32-33,35-36,38,40,61,65H,6-7,9,11-13,15,17-19,21,23-25,28,31,34,37,39,41-60H2,1-5H3/p+1/b10-8-,16-14-,22-20-,27-26-,30-29-,33-32-,36-35-,40-38-. The van der Waals surface area contributed by atoms with Gasteiger partial charge >= 0.3 is 17.9 Å². The number of hydrogen-bond acceptors (Lipinski definition) is 7. The minimum absolute atomic E-state index is 0.181. The number of hydrogen-bond donors (Lipinski definition) is 1. The second-order valence-corrected chi connectivity index (χ2v) is 20.9. The van der Waals surface area contributed by atoms with Crippen LogP contribution in [0.1, 0.15) is 239 Å². The maximum atomic E-state index is 12.9. The molecule has 0 heterocycles. The Labute approximate surface area is 454 Å². The quantitative estimate of drug-likeness (QED) is 0.0211. The smallest absolute Gasteiger partial charge is 0.361 e. The highest BCUT2D eigenvalue weighted by atomic mass is 16.7. The minimum atomic E-state index is -1.52. The number of esters is 2. The van der Waals surface area contributed by atoms with Gasteiger partial charge in [0, 0.05) is 12.8 Å². The zero-order valence-corrected chi connectivity index (χ0v) is 48.2. The Hall–Kier alpha value is -3.79. The van der Waals surface area contributed by atoms with Crippen molar-refractivity contribution in [1.29, 1.82) is 0 Å². The van der Waals surface area contributed by atoms with Crippen LogP contribution in [0.25, 0.3) is 0 Å². The molecule has 1 N–H and O–H groups in total. The third-order valence-corrected chi connectivity index (χ3v) is 12.6. The molecule has 0 aliphatic carbocycles. The Kier molecular flexibility index (Phi) is 52.6. The molecule has 0 spiro atoms. The number of rotatable bonds is 54. The van der Waals surface area contributed by atoms with Crippen LogP contribution in [0, 0.1) is 0 Å². The van der Waals surface area contributed by atoms with Crippen molar-refractivity contribution in [1.82, 2.24) is 0 Å². The highest BCUT2D eigenvalue weighted by Crippen LogP contribution is 2.16. The van der Waals surface area contributed by atoms with Crippen LogP contribution in [0.4, 0.5) is 0 Å². The van der Waals surface area contributed by atoms with Gasteiger partial charge in [-0.15, -0.1) is 0 Å². The van der Waals surface area contributed by atoms with Gasteiger partial charge in [-0.05, 0) is 77.0 Å². The number of quaternary nitrogens is 1. The molecule has 0 saturated heterocycles. The third-order valence-electron chi connectivity index (χ3n) is 12.6. The number of ether oxygens (including phenoxy) is 4. The summed E-state index contributed by atoms with van der Waals surface area (Å²) >= 11 is 0. The van der Waals surface area contributed by atoms with Gasteiger partial charge in [-0.2, -0.15) is 0 Å². The molecule has 2 unspecified atom stereocenters. The Morgan fingerprint density at radius 1 is 0.419 bits per heavy atom. The molecule has 0 saturated carbocycles. The number of carboxylic acid groups (broad SMARTS) is 1. The van der Waals surface area contributed by atoms with E-state index in [2.05, 4.69) is 111 Å². The summed E-state index contributed by atoms with van der Waals surface area (Å²) in [6.45, 7) is 4.76. The van der Waals surface area contributed by atoms with Gasteiger partial charge in [0.1, 0.15) is 13.2 Å². The Morgan fingerprint density at radius 3 is 1.15 bits per heavy atom. The average Bonchev–Trinajstić information content (AvgIpc) is 3.37. The monoisotopic (exact) mass is 1030 g/mol. The maximum Gasteiger partial charge on any atom is 0.361 e. The fourth-order valence-electron chi connectivity index (χ4n) is 8.03. The van der Waals surface area contributed by atoms with E-state index in [0.29, 0.717) is 23.9 Å². The van der Waals surface area contributed by atoms with Crippen molar-refractivity contribution < 1.29 is 42.9 Å². The molecule has 424 valence electrons. The normalized spacial score (nSPS) is 13.5. The molecular weight excluding hydrogens is 923 g/mol. The van der Waals surface area contributed by atoms with Crippen LogP contribution < -0.4 is 0 Å². The molecule has 0 amide bonds. The number of nitrogens with zero attached hydrogens (tertiary/aromatic N) is 1. The van der Waals surface area contributed by atoms with Crippen molar-refractivity contribution in [3.05, 3.63) is 97.2 Å². The van der Waals surface area contributed by atoms with Gasteiger partial charge in [0.15, 0.2) is 6.10 Å². The van der Waals surface area contributed by atoms with Crippen molar-refractivity contribution >= 4 is 17.9 Å². The molecule has 0 fully saturated rings. The van der Waals surface area contributed by atoms with Gasteiger partial charge in [-0.1, -0.05) is 246 Å². The van der Waals surface area contributed by atoms with Gasteiger partial charge in [0.2, 0.25) is 0 Å². The first kappa shape index (κ1) is 70.2. The number of carbonyl (C=O) groups is 3. The van der Waals surface area contributed by atoms with E-state index in [-0.39, 0.29) is 32.2 Å². The van der Waals surface area contributed by atoms with Gasteiger partial charge in [-0.3, -0.25) is 9.59 Å². The molecule has 2 atom stereocenters. The lowest BCUT2D eigenvalue weighted by Gasteiger charge is -2.25. The lowest BCUT2D eigenvalue weighted by Crippen LogP contribution is -2.40. The molecule has 74 heavy (non-hydrogen) atoms. The largest absolute Gasteiger partial charge is 0.477 e. The van der Waals surface area contributed by atoms with Crippen LogP contribution >= 0.6 is 0 Å². The van der Waals surface area contributed by atoms with Crippen molar-refractivity contribution in [2.45, 2.75) is 251 Å². The minimum Gasteiger partial charge on any atom is -0.477 e. The van der Waals surface area contributed by atoms with Gasteiger partial charge in [0.05, 0.1) is 34.4 Å². The SMILES string of the molecule is CC/C=C\C/C=C\C/C=C\C/C=C\C/C=C\C/C=C\C/C=C\C/C=C\CCCCCCCCC(=O)OC(COC(=O)CCCCCCCCCCCCCCCCCCCC)COC(OCC[N+](C)(C)C)C(=O)O. The van der Waals surface area contributed by atoms with Crippen molar-refractivity contribution in [3.8, 4) is 0 Å². The predicted molar refractivity (Wildman–Crippen MR) is 313 cm³/mol. The summed E-state index contributed by atoms with van der Waals surface area (Å²) in [5.41, 5.74) is 0. The van der Waals surface area contributed by atoms with Gasteiger partial charge in [-0.25, -0.2) is 4.79 Å². The average molecular weight is 1040 g/mol. The first-order chi connectivity index (χ1) is 36.1. The zero-order valence-electron chi connectivity index (χ0n) is 48.2. The molecule has 0 aliphatic rings. The second kappa shape index (κ2) is 55.4. The van der Waals surface area contributed by atoms with Gasteiger partial charge in [0.25, 0.3) is 6.29 Å². The van der Waals surface area contributed by atoms with E-state index < -0.39 is 24.3 Å². The molecule has 0 aromatic carbocycles. The number of likely N-dealkylation sites (N-methyl/N-ethyl adjacent to an activating group) is 1. The zero-order chi connectivity index (χ0) is 54.1. The van der Waals surface area contributed by atoms with Crippen LogP contribution in [-0.2, 0) is 33.3 Å². The number of carbonyl (C=O) groups excluding carboxylic acids is 2. The number of aliphatic carboxylic acids is 1. The summed E-state index contributed by atoms with van der Waals surface area (Å²) < 4.78 is 22.9. The number of allylic oxidation sites excluding steroid dienone is 16. The summed E-state index contributed by atoms with van der Waals surface area (Å²) in [5, 5.41) is 9.71. The number of carboxylic acids is 1. The summed E-state index contributed by atoms with van der Waals surface area (Å²) in [4.78, 5) is 37.4. The van der Waals surface area contributed by atoms with E-state index >= 15 is 0 Å². The van der Waals surface area contributed by atoms with Gasteiger partial charge < -0.3 is 28.5 Å². The van der Waals surface area contributed by atoms with E-state index in [4.69, 9.17) is 18.9 Å². The third kappa shape index (κ3) is 55.9. The van der Waals surface area contributed by atoms with E-state index in [1.54, 1.807) is 0 Å². The topological polar surface area (TPSA) is 108 Å². The van der Waals surface area contributed by atoms with E-state index in [1.165, 1.54) is 96.3 Å². The Bertz CT molecular complexity index is 1530. The van der Waals surface area contributed by atoms with Crippen LogP contribution in [0.5, 0.6) is 0 Å². The predicted octanol–water partition coefficient (Wildman–Crippen LogP) is 17.7. The van der Waals surface area contributed by atoms with Crippen molar-refractivity contribution in [2.24, 2.45) is 0 Å². The lowest BCUT2D eigenvalue weighted by molar-refractivity contribution is -0.870. The molecular formula is C65H112NO8+. The summed E-state index contributed by atoms with van der Waals surface area (Å²) in [7, 11) is 5.96. The molecule has 9 heteroatoms. The maximum absolute atomic E-state index is 12.9. The summed E-state index contributed by atoms with van der Waals surface area (Å²) in [6, 6.07) is 0. The summed E-state index contributed by atoms with van der Waals surface area (Å²) in [6.07, 6.45) is 72.0. The molecule has 0 bridgehead atoms. The van der Waals surface area contributed by atoms with E-state index in [1.807, 2.05) is 21.1 Å². The molecule has 0 aromatic heterocycles. The molecule has 0 aliphatic heterocycles. The molecule has 0 radical (unpaired) electrons. The van der Waals surface area contributed by atoms with Crippen molar-refractivity contribution in [2.75, 3.05) is 47.5 Å². The lowest BCUT2D eigenvalue weighted by atomic mass is 10.0. The highest BCUT2D eigenvalue weighted by molar-refractivity contribution is 5.71. The first-order valence-corrected chi connectivity index (χ1v) is 29.9. The van der Waals surface area contributed by atoms with Crippen molar-refractivity contribution in [3.63, 3.8) is 0 Å². The highest BCUT2D eigenvalue weighted by Gasteiger charge is 2.25. The molecule has 0 aromatic rings. The van der Waals surface area contributed by atoms with E-state index in [0.717, 1.165) is 109 Å².